The van der Waals surface area contributed by atoms with Crippen LogP contribution in [0.5, 0.6) is 5.75 Å². The molecule has 1 amide bonds. The van der Waals surface area contributed by atoms with Crippen molar-refractivity contribution in [2.24, 2.45) is 0 Å². The molecule has 1 heterocycles. The van der Waals surface area contributed by atoms with E-state index in [0.717, 1.165) is 5.56 Å². The van der Waals surface area contributed by atoms with Crippen molar-refractivity contribution in [2.75, 3.05) is 13.7 Å². The second-order valence-electron chi connectivity index (χ2n) is 8.78. The van der Waals surface area contributed by atoms with Crippen LogP contribution >= 0.6 is 0 Å². The predicted octanol–water partition coefficient (Wildman–Crippen LogP) is 4.01. The highest BCUT2D eigenvalue weighted by atomic mass is 16.7. The van der Waals surface area contributed by atoms with Crippen molar-refractivity contribution in [1.82, 2.24) is 4.90 Å². The number of amides is 1. The van der Waals surface area contributed by atoms with Crippen LogP contribution in [0.25, 0.3) is 0 Å². The molecule has 0 saturated carbocycles. The quantitative estimate of drug-likeness (QED) is 0.415. The van der Waals surface area contributed by atoms with Crippen molar-refractivity contribution in [1.29, 1.82) is 0 Å². The molecule has 0 radical (unpaired) electrons. The Bertz CT molecular complexity index is 789. The van der Waals surface area contributed by atoms with Crippen LogP contribution in [0.4, 0.5) is 9.59 Å². The normalized spacial score (nSPS) is 16.5. The van der Waals surface area contributed by atoms with Gasteiger partial charge in [-0.3, -0.25) is 4.90 Å². The van der Waals surface area contributed by atoms with Gasteiger partial charge >= 0.3 is 18.2 Å². The van der Waals surface area contributed by atoms with E-state index in [0.29, 0.717) is 17.7 Å². The molecule has 1 atom stereocenters. The maximum absolute atomic E-state index is 12.6. The van der Waals surface area contributed by atoms with Gasteiger partial charge in [-0.2, -0.15) is 0 Å². The van der Waals surface area contributed by atoms with Crippen molar-refractivity contribution >= 4 is 18.2 Å². The van der Waals surface area contributed by atoms with Crippen LogP contribution in [0.15, 0.2) is 18.2 Å². The second kappa shape index (κ2) is 8.31. The van der Waals surface area contributed by atoms with E-state index in [9.17, 15) is 14.4 Å². The van der Waals surface area contributed by atoms with Gasteiger partial charge in [0.1, 0.15) is 17.0 Å². The van der Waals surface area contributed by atoms with Gasteiger partial charge in [-0.05, 0) is 71.2 Å². The summed E-state index contributed by atoms with van der Waals surface area (Å²) in [5.41, 5.74) is 0.0185. The number of carbonyl (C=O) groups is 3. The SMILES string of the molecule is COC(=O)C1c2ccc(OC(=O)OC(C)(C)C)cc2CCN1C(=O)OC(C)(C)C. The van der Waals surface area contributed by atoms with Crippen molar-refractivity contribution in [3.63, 3.8) is 0 Å². The molecule has 1 aliphatic heterocycles. The molecular weight excluding hydrogens is 378 g/mol. The number of hydrogen-bond acceptors (Lipinski definition) is 7. The van der Waals surface area contributed by atoms with Gasteiger partial charge in [-0.15, -0.1) is 0 Å². The largest absolute Gasteiger partial charge is 0.514 e. The second-order valence-corrected chi connectivity index (χ2v) is 8.78. The number of rotatable bonds is 2. The van der Waals surface area contributed by atoms with Crippen molar-refractivity contribution in [3.05, 3.63) is 29.3 Å². The summed E-state index contributed by atoms with van der Waals surface area (Å²) >= 11 is 0. The zero-order valence-electron chi connectivity index (χ0n) is 18.0. The van der Waals surface area contributed by atoms with Gasteiger partial charge in [0.15, 0.2) is 6.04 Å². The summed E-state index contributed by atoms with van der Waals surface area (Å²) in [6.45, 7) is 10.8. The van der Waals surface area contributed by atoms with Gasteiger partial charge in [0.25, 0.3) is 0 Å². The van der Waals surface area contributed by atoms with Crippen molar-refractivity contribution < 1.29 is 33.3 Å². The molecule has 0 aliphatic carbocycles. The number of nitrogens with zero attached hydrogens (tertiary/aromatic N) is 1. The lowest BCUT2D eigenvalue weighted by molar-refractivity contribution is -0.147. The lowest BCUT2D eigenvalue weighted by Gasteiger charge is -2.36. The number of esters is 1. The molecule has 8 heteroatoms. The van der Waals surface area contributed by atoms with Gasteiger partial charge in [0, 0.05) is 6.54 Å². The van der Waals surface area contributed by atoms with E-state index in [-0.39, 0.29) is 6.54 Å². The van der Waals surface area contributed by atoms with Gasteiger partial charge < -0.3 is 18.9 Å². The number of benzene rings is 1. The average molecular weight is 407 g/mol. The topological polar surface area (TPSA) is 91.4 Å². The lowest BCUT2D eigenvalue weighted by atomic mass is 9.92. The fourth-order valence-electron chi connectivity index (χ4n) is 2.92. The zero-order chi connectivity index (χ0) is 22.0. The Morgan fingerprint density at radius 3 is 2.17 bits per heavy atom. The Labute approximate surface area is 171 Å². The Morgan fingerprint density at radius 2 is 1.62 bits per heavy atom. The fraction of sp³-hybridized carbons (Fsp3) is 0.571. The van der Waals surface area contributed by atoms with Crippen LogP contribution in [0.3, 0.4) is 0 Å². The fourth-order valence-corrected chi connectivity index (χ4v) is 2.92. The third-order valence-electron chi connectivity index (χ3n) is 3.99. The molecule has 8 nitrogen and oxygen atoms in total. The van der Waals surface area contributed by atoms with Crippen LogP contribution in [-0.4, -0.2) is 48.0 Å². The highest BCUT2D eigenvalue weighted by molar-refractivity contribution is 5.84. The molecule has 0 spiro atoms. The van der Waals surface area contributed by atoms with Gasteiger partial charge in [0.05, 0.1) is 7.11 Å². The first kappa shape index (κ1) is 22.5. The molecule has 0 fully saturated rings. The first-order valence-corrected chi connectivity index (χ1v) is 9.42. The summed E-state index contributed by atoms with van der Waals surface area (Å²) < 4.78 is 20.7. The molecule has 0 saturated heterocycles. The average Bonchev–Trinajstić information content (AvgIpc) is 2.56. The molecule has 1 unspecified atom stereocenters. The summed E-state index contributed by atoms with van der Waals surface area (Å²) in [5.74, 6) is -0.273. The third-order valence-corrected chi connectivity index (χ3v) is 3.99. The predicted molar refractivity (Wildman–Crippen MR) is 105 cm³/mol. The van der Waals surface area contributed by atoms with E-state index in [1.54, 1.807) is 59.7 Å². The van der Waals surface area contributed by atoms with E-state index in [2.05, 4.69) is 0 Å². The number of fused-ring (bicyclic) bond motifs is 1. The third kappa shape index (κ3) is 6.10. The molecule has 2 rings (SSSR count). The molecule has 1 aromatic rings. The van der Waals surface area contributed by atoms with Crippen LogP contribution < -0.4 is 4.74 Å². The minimum atomic E-state index is -0.936. The summed E-state index contributed by atoms with van der Waals surface area (Å²) in [7, 11) is 1.27. The van der Waals surface area contributed by atoms with Crippen LogP contribution in [0, 0.1) is 0 Å². The number of hydrogen-bond donors (Lipinski definition) is 0. The summed E-state index contributed by atoms with van der Waals surface area (Å²) in [6.07, 6.45) is -0.936. The first-order valence-electron chi connectivity index (χ1n) is 9.42. The maximum Gasteiger partial charge on any atom is 0.514 e. The van der Waals surface area contributed by atoms with E-state index in [1.165, 1.54) is 12.0 Å². The molecule has 0 bridgehead atoms. The Morgan fingerprint density at radius 1 is 1.00 bits per heavy atom. The Hall–Kier alpha value is -2.77. The highest BCUT2D eigenvalue weighted by Gasteiger charge is 2.39. The monoisotopic (exact) mass is 407 g/mol. The zero-order valence-corrected chi connectivity index (χ0v) is 18.0. The highest BCUT2D eigenvalue weighted by Crippen LogP contribution is 2.34. The smallest absolute Gasteiger partial charge is 0.467 e. The number of methoxy groups -OCH3 is 1. The van der Waals surface area contributed by atoms with E-state index < -0.39 is 35.5 Å². The molecule has 0 N–H and O–H groups in total. The Balaban J connectivity index is 2.28. The molecule has 0 aromatic heterocycles. The first-order chi connectivity index (χ1) is 13.3. The molecule has 29 heavy (non-hydrogen) atoms. The van der Waals surface area contributed by atoms with Crippen LogP contribution in [-0.2, 0) is 25.4 Å². The standard InChI is InChI=1S/C21H29NO7/c1-20(2,3)28-18(24)22-11-10-13-12-14(27-19(25)29-21(4,5)6)8-9-15(13)16(22)17(23)26-7/h8-9,12,16H,10-11H2,1-7H3. The van der Waals surface area contributed by atoms with Gasteiger partial charge in [-0.25, -0.2) is 14.4 Å². The summed E-state index contributed by atoms with van der Waals surface area (Å²) in [6, 6.07) is 3.93. The minimum absolute atomic E-state index is 0.261. The maximum atomic E-state index is 12.6. The van der Waals surface area contributed by atoms with E-state index >= 15 is 0 Å². The van der Waals surface area contributed by atoms with Gasteiger partial charge in [-0.1, -0.05) is 6.07 Å². The van der Waals surface area contributed by atoms with Crippen molar-refractivity contribution in [2.45, 2.75) is 65.2 Å². The van der Waals surface area contributed by atoms with E-state index in [1.807, 2.05) is 0 Å². The number of ether oxygens (including phenoxy) is 4. The van der Waals surface area contributed by atoms with Crippen LogP contribution in [0.1, 0.15) is 58.7 Å². The van der Waals surface area contributed by atoms with E-state index in [4.69, 9.17) is 18.9 Å². The molecule has 160 valence electrons. The number of carbonyl (C=O) groups excluding carboxylic acids is 3. The lowest BCUT2D eigenvalue weighted by Crippen LogP contribution is -2.46. The van der Waals surface area contributed by atoms with Crippen molar-refractivity contribution in [3.8, 4) is 5.75 Å². The summed E-state index contributed by atoms with van der Waals surface area (Å²) in [5, 5.41) is 0. The Kier molecular flexibility index (Phi) is 6.45. The molecule has 1 aliphatic rings. The molecular formula is C21H29NO7. The summed E-state index contributed by atoms with van der Waals surface area (Å²) in [4.78, 5) is 38.3. The van der Waals surface area contributed by atoms with Crippen LogP contribution in [0.2, 0.25) is 0 Å². The molecule has 1 aromatic carbocycles. The van der Waals surface area contributed by atoms with Gasteiger partial charge in [0.2, 0.25) is 0 Å². The minimum Gasteiger partial charge on any atom is -0.467 e.